The van der Waals surface area contributed by atoms with Gasteiger partial charge in [-0.15, -0.1) is 0 Å². The molecule has 2 aromatic rings. The van der Waals surface area contributed by atoms with Crippen molar-refractivity contribution in [2.75, 3.05) is 19.4 Å². The van der Waals surface area contributed by atoms with Crippen molar-refractivity contribution in [3.63, 3.8) is 0 Å². The van der Waals surface area contributed by atoms with Gasteiger partial charge in [0.2, 0.25) is 10.0 Å². The smallest absolute Gasteiger partial charge is 0.241 e. The molecule has 0 saturated carbocycles. The van der Waals surface area contributed by atoms with Crippen LogP contribution in [0, 0.1) is 13.8 Å². The summed E-state index contributed by atoms with van der Waals surface area (Å²) in [5.41, 5.74) is 1.36. The summed E-state index contributed by atoms with van der Waals surface area (Å²) in [7, 11) is -1.96. The Balaban J connectivity index is 1.94. The molecule has 1 aromatic heterocycles. The lowest BCUT2D eigenvalue weighted by Gasteiger charge is -2.13. The van der Waals surface area contributed by atoms with Crippen molar-refractivity contribution in [1.29, 1.82) is 0 Å². The maximum atomic E-state index is 12.5. The zero-order valence-corrected chi connectivity index (χ0v) is 15.1. The van der Waals surface area contributed by atoms with E-state index in [1.54, 1.807) is 51.1 Å². The number of hydrogen-bond donors (Lipinski definition) is 1. The summed E-state index contributed by atoms with van der Waals surface area (Å²) in [6.07, 6.45) is 1.63. The van der Waals surface area contributed by atoms with Gasteiger partial charge in [-0.3, -0.25) is 0 Å². The lowest BCUT2D eigenvalue weighted by Crippen LogP contribution is -2.27. The summed E-state index contributed by atoms with van der Waals surface area (Å²) in [4.78, 5) is 0.328. The molecule has 1 heterocycles. The summed E-state index contributed by atoms with van der Waals surface area (Å²) in [5.74, 6) is 2.96. The summed E-state index contributed by atoms with van der Waals surface area (Å²) in [6.45, 7) is 3.92. The second-order valence-electron chi connectivity index (χ2n) is 5.12. The van der Waals surface area contributed by atoms with Crippen molar-refractivity contribution < 1.29 is 17.6 Å². The molecule has 0 unspecified atom stereocenters. The molecular weight excluding hydrogens is 334 g/mol. The highest BCUT2D eigenvalue weighted by Gasteiger charge is 2.19. The number of sulfonamides is 1. The minimum Gasteiger partial charge on any atom is -0.497 e. The third-order valence-electron chi connectivity index (χ3n) is 3.30. The van der Waals surface area contributed by atoms with Gasteiger partial charge in [0.25, 0.3) is 0 Å². The first-order valence-electron chi connectivity index (χ1n) is 7.19. The van der Waals surface area contributed by atoms with E-state index < -0.39 is 10.0 Å². The largest absolute Gasteiger partial charge is 0.497 e. The van der Waals surface area contributed by atoms with Crippen LogP contribution in [0.5, 0.6) is 5.75 Å². The van der Waals surface area contributed by atoms with Crippen LogP contribution < -0.4 is 9.46 Å². The molecule has 0 atom stereocenters. The van der Waals surface area contributed by atoms with Crippen LogP contribution in [0.3, 0.4) is 0 Å². The maximum Gasteiger partial charge on any atom is 0.241 e. The van der Waals surface area contributed by atoms with E-state index in [1.807, 2.05) is 12.1 Å². The summed E-state index contributed by atoms with van der Waals surface area (Å²) >= 11 is 1.62. The Morgan fingerprint density at radius 2 is 1.96 bits per heavy atom. The van der Waals surface area contributed by atoms with Crippen molar-refractivity contribution in [2.45, 2.75) is 24.5 Å². The standard InChI is InChI=1S/C16H21NO4S2/c1-12-9-15(20-3)10-13(2)16(12)23(18,19)17-6-8-22-11-14-5-4-7-21-14/h4-5,7,9-10,17H,6,8,11H2,1-3H3. The quantitative estimate of drug-likeness (QED) is 0.737. The highest BCUT2D eigenvalue weighted by atomic mass is 32.2. The van der Waals surface area contributed by atoms with E-state index in [2.05, 4.69) is 4.72 Å². The molecule has 23 heavy (non-hydrogen) atoms. The van der Waals surface area contributed by atoms with Gasteiger partial charge in [0.15, 0.2) is 0 Å². The molecule has 5 nitrogen and oxygen atoms in total. The highest BCUT2D eigenvalue weighted by molar-refractivity contribution is 7.98. The van der Waals surface area contributed by atoms with Crippen LogP contribution in [0.15, 0.2) is 39.8 Å². The van der Waals surface area contributed by atoms with Gasteiger partial charge in [0, 0.05) is 12.3 Å². The molecule has 0 aliphatic rings. The average Bonchev–Trinajstić information content (AvgIpc) is 2.98. The van der Waals surface area contributed by atoms with E-state index in [0.29, 0.717) is 34.1 Å². The van der Waals surface area contributed by atoms with Crippen LogP contribution in [-0.2, 0) is 15.8 Å². The third-order valence-corrected chi connectivity index (χ3v) is 6.05. The van der Waals surface area contributed by atoms with Gasteiger partial charge in [0.05, 0.1) is 24.0 Å². The van der Waals surface area contributed by atoms with Crippen LogP contribution in [0.25, 0.3) is 0 Å². The second kappa shape index (κ2) is 7.90. The van der Waals surface area contributed by atoms with E-state index in [-0.39, 0.29) is 0 Å². The molecule has 0 bridgehead atoms. The van der Waals surface area contributed by atoms with Gasteiger partial charge in [-0.1, -0.05) is 0 Å². The van der Waals surface area contributed by atoms with E-state index >= 15 is 0 Å². The first kappa shape index (κ1) is 17.9. The normalized spacial score (nSPS) is 11.6. The molecule has 2 rings (SSSR count). The zero-order chi connectivity index (χ0) is 16.9. The summed E-state index contributed by atoms with van der Waals surface area (Å²) < 4.78 is 38.0. The first-order valence-corrected chi connectivity index (χ1v) is 9.83. The Labute approximate surface area is 141 Å². The second-order valence-corrected chi connectivity index (χ2v) is 7.93. The van der Waals surface area contributed by atoms with E-state index in [4.69, 9.17) is 9.15 Å². The minimum atomic E-state index is -3.52. The van der Waals surface area contributed by atoms with Crippen molar-refractivity contribution in [3.05, 3.63) is 47.4 Å². The molecule has 0 amide bonds. The van der Waals surface area contributed by atoms with Gasteiger partial charge in [-0.25, -0.2) is 13.1 Å². The number of aryl methyl sites for hydroxylation is 2. The number of hydrogen-bond acceptors (Lipinski definition) is 5. The summed E-state index contributed by atoms with van der Waals surface area (Å²) in [6, 6.07) is 7.20. The Hall–Kier alpha value is -1.44. The van der Waals surface area contributed by atoms with Crippen LogP contribution in [0.1, 0.15) is 16.9 Å². The van der Waals surface area contributed by atoms with Crippen LogP contribution in [-0.4, -0.2) is 27.8 Å². The molecule has 1 aromatic carbocycles. The Kier molecular flexibility index (Phi) is 6.15. The fourth-order valence-electron chi connectivity index (χ4n) is 2.34. The molecular formula is C16H21NO4S2. The number of methoxy groups -OCH3 is 1. The minimum absolute atomic E-state index is 0.328. The predicted molar refractivity (Wildman–Crippen MR) is 92.5 cm³/mol. The number of thioether (sulfide) groups is 1. The lowest BCUT2D eigenvalue weighted by atomic mass is 10.1. The molecule has 0 fully saturated rings. The van der Waals surface area contributed by atoms with Gasteiger partial charge in [0.1, 0.15) is 11.5 Å². The first-order chi connectivity index (χ1) is 10.9. The Morgan fingerprint density at radius 3 is 2.52 bits per heavy atom. The van der Waals surface area contributed by atoms with E-state index in [1.165, 1.54) is 0 Å². The van der Waals surface area contributed by atoms with Gasteiger partial charge in [-0.2, -0.15) is 11.8 Å². The van der Waals surface area contributed by atoms with E-state index in [9.17, 15) is 8.42 Å². The Bertz CT molecular complexity index is 716. The van der Waals surface area contributed by atoms with Crippen molar-refractivity contribution in [1.82, 2.24) is 4.72 Å². The molecule has 0 aliphatic heterocycles. The number of ether oxygens (including phenoxy) is 1. The van der Waals surface area contributed by atoms with Crippen LogP contribution >= 0.6 is 11.8 Å². The van der Waals surface area contributed by atoms with Crippen molar-refractivity contribution in [3.8, 4) is 5.75 Å². The SMILES string of the molecule is COc1cc(C)c(S(=O)(=O)NCCSCc2ccco2)c(C)c1. The average molecular weight is 355 g/mol. The lowest BCUT2D eigenvalue weighted by molar-refractivity contribution is 0.413. The molecule has 0 spiro atoms. The maximum absolute atomic E-state index is 12.5. The number of nitrogens with one attached hydrogen (secondary N) is 1. The van der Waals surface area contributed by atoms with E-state index in [0.717, 1.165) is 11.5 Å². The zero-order valence-electron chi connectivity index (χ0n) is 13.5. The van der Waals surface area contributed by atoms with Gasteiger partial charge >= 0.3 is 0 Å². The van der Waals surface area contributed by atoms with Gasteiger partial charge < -0.3 is 9.15 Å². The topological polar surface area (TPSA) is 68.5 Å². The molecule has 0 radical (unpaired) electrons. The monoisotopic (exact) mass is 355 g/mol. The fraction of sp³-hybridized carbons (Fsp3) is 0.375. The molecule has 0 aliphatic carbocycles. The van der Waals surface area contributed by atoms with Crippen molar-refractivity contribution >= 4 is 21.8 Å². The number of benzene rings is 1. The molecule has 0 saturated heterocycles. The molecule has 1 N–H and O–H groups in total. The molecule has 7 heteroatoms. The van der Waals surface area contributed by atoms with Crippen molar-refractivity contribution in [2.24, 2.45) is 0 Å². The van der Waals surface area contributed by atoms with Gasteiger partial charge in [-0.05, 0) is 49.2 Å². The number of furan rings is 1. The van der Waals surface area contributed by atoms with Crippen LogP contribution in [0.2, 0.25) is 0 Å². The molecule has 126 valence electrons. The fourth-order valence-corrected chi connectivity index (χ4v) is 4.71. The van der Waals surface area contributed by atoms with Crippen LogP contribution in [0.4, 0.5) is 0 Å². The predicted octanol–water partition coefficient (Wildman–Crippen LogP) is 3.12. The number of rotatable bonds is 8. The third kappa shape index (κ3) is 4.76. The summed E-state index contributed by atoms with van der Waals surface area (Å²) in [5, 5.41) is 0. The highest BCUT2D eigenvalue weighted by Crippen LogP contribution is 2.25. The Morgan fingerprint density at radius 1 is 1.26 bits per heavy atom.